The fraction of sp³-hybridized carbons (Fsp3) is 0.846. The van der Waals surface area contributed by atoms with E-state index in [1.165, 1.54) is 26.2 Å². The highest BCUT2D eigenvalue weighted by Crippen LogP contribution is 2.22. The van der Waals surface area contributed by atoms with Crippen molar-refractivity contribution in [3.8, 4) is 0 Å². The van der Waals surface area contributed by atoms with Gasteiger partial charge >= 0.3 is 5.97 Å². The smallest absolute Gasteiger partial charge is 0.327 e. The van der Waals surface area contributed by atoms with E-state index in [1.54, 1.807) is 0 Å². The van der Waals surface area contributed by atoms with E-state index in [2.05, 4.69) is 10.2 Å². The summed E-state index contributed by atoms with van der Waals surface area (Å²) in [6.07, 6.45) is 6.00. The number of carboxylic acid groups (broad SMARTS) is 1. The van der Waals surface area contributed by atoms with Gasteiger partial charge in [0.25, 0.3) is 0 Å². The lowest BCUT2D eigenvalue weighted by atomic mass is 9.94. The Bertz CT molecular complexity index is 288. The first-order valence-corrected chi connectivity index (χ1v) is 6.78. The zero-order valence-electron chi connectivity index (χ0n) is 11.3. The summed E-state index contributed by atoms with van der Waals surface area (Å²) in [4.78, 5) is 24.3. The zero-order chi connectivity index (χ0) is 13.5. The molecule has 1 atom stereocenters. The monoisotopic (exact) mass is 256 g/mol. The number of hydrogen-bond donors (Lipinski definition) is 2. The number of carbonyl (C=O) groups excluding carboxylic acids is 1. The summed E-state index contributed by atoms with van der Waals surface area (Å²) in [7, 11) is 0. The van der Waals surface area contributed by atoms with Gasteiger partial charge in [0.2, 0.25) is 5.91 Å². The van der Waals surface area contributed by atoms with Gasteiger partial charge in [-0.1, -0.05) is 26.2 Å². The molecule has 104 valence electrons. The van der Waals surface area contributed by atoms with Gasteiger partial charge in [-0.3, -0.25) is 9.69 Å². The molecule has 1 aliphatic rings. The van der Waals surface area contributed by atoms with Crippen LogP contribution in [-0.2, 0) is 9.59 Å². The average molecular weight is 256 g/mol. The fourth-order valence-electron chi connectivity index (χ4n) is 2.65. The second-order valence-electron chi connectivity index (χ2n) is 4.97. The van der Waals surface area contributed by atoms with Gasteiger partial charge in [-0.15, -0.1) is 0 Å². The molecule has 0 bridgehead atoms. The molecule has 5 heteroatoms. The van der Waals surface area contributed by atoms with Crippen molar-refractivity contribution in [2.75, 3.05) is 13.1 Å². The second kappa shape index (κ2) is 7.36. The quantitative estimate of drug-likeness (QED) is 0.750. The molecule has 0 aliphatic heterocycles. The highest BCUT2D eigenvalue weighted by atomic mass is 16.4. The minimum Gasteiger partial charge on any atom is -0.480 e. The van der Waals surface area contributed by atoms with E-state index >= 15 is 0 Å². The van der Waals surface area contributed by atoms with Crippen molar-refractivity contribution in [3.63, 3.8) is 0 Å². The molecule has 0 spiro atoms. The maximum atomic E-state index is 11.1. The van der Waals surface area contributed by atoms with Gasteiger partial charge in [-0.2, -0.15) is 0 Å². The first kappa shape index (κ1) is 15.0. The van der Waals surface area contributed by atoms with Crippen LogP contribution in [0.25, 0.3) is 0 Å². The third kappa shape index (κ3) is 4.64. The molecule has 1 saturated carbocycles. The third-order valence-corrected chi connectivity index (χ3v) is 3.59. The summed E-state index contributed by atoms with van der Waals surface area (Å²) in [5.74, 6) is -1.25. The fourth-order valence-corrected chi connectivity index (χ4v) is 2.65. The Morgan fingerprint density at radius 2 is 1.94 bits per heavy atom. The molecule has 0 aromatic heterocycles. The molecule has 18 heavy (non-hydrogen) atoms. The molecule has 1 amide bonds. The first-order chi connectivity index (χ1) is 8.54. The van der Waals surface area contributed by atoms with Crippen molar-refractivity contribution in [3.05, 3.63) is 0 Å². The van der Waals surface area contributed by atoms with Gasteiger partial charge < -0.3 is 10.4 Å². The molecule has 0 aromatic rings. The number of amides is 1. The molecule has 1 unspecified atom stereocenters. The van der Waals surface area contributed by atoms with Crippen molar-refractivity contribution in [1.29, 1.82) is 0 Å². The van der Waals surface area contributed by atoms with Crippen LogP contribution in [0.2, 0.25) is 0 Å². The number of carboxylic acids is 1. The van der Waals surface area contributed by atoms with Crippen LogP contribution in [0, 0.1) is 0 Å². The van der Waals surface area contributed by atoms with E-state index in [-0.39, 0.29) is 5.91 Å². The Kier molecular flexibility index (Phi) is 6.12. The summed E-state index contributed by atoms with van der Waals surface area (Å²) < 4.78 is 0. The minimum absolute atomic E-state index is 0.290. The Morgan fingerprint density at radius 1 is 1.33 bits per heavy atom. The van der Waals surface area contributed by atoms with Crippen LogP contribution in [0.1, 0.15) is 46.0 Å². The Labute approximate surface area is 109 Å². The van der Waals surface area contributed by atoms with Crippen molar-refractivity contribution in [2.45, 2.75) is 58.0 Å². The topological polar surface area (TPSA) is 69.6 Å². The second-order valence-corrected chi connectivity index (χ2v) is 4.97. The summed E-state index contributed by atoms with van der Waals surface area (Å²) >= 11 is 0. The number of hydrogen-bond acceptors (Lipinski definition) is 3. The van der Waals surface area contributed by atoms with E-state index < -0.39 is 12.0 Å². The molecular formula is C13H24N2O3. The predicted molar refractivity (Wildman–Crippen MR) is 69.4 cm³/mol. The van der Waals surface area contributed by atoms with Gasteiger partial charge in [0, 0.05) is 19.5 Å². The molecule has 5 nitrogen and oxygen atoms in total. The SMILES string of the molecule is CCN(CC(NC(C)=O)C(=O)O)C1CCCCC1. The number of aliphatic carboxylic acids is 1. The first-order valence-electron chi connectivity index (χ1n) is 6.78. The predicted octanol–water partition coefficient (Wildman–Crippen LogP) is 1.23. The summed E-state index contributed by atoms with van der Waals surface area (Å²) in [5, 5.41) is 11.6. The van der Waals surface area contributed by atoms with Crippen LogP contribution in [0.15, 0.2) is 0 Å². The number of nitrogens with one attached hydrogen (secondary N) is 1. The van der Waals surface area contributed by atoms with Crippen LogP contribution in [-0.4, -0.2) is 47.1 Å². The van der Waals surface area contributed by atoms with Gasteiger partial charge in [-0.05, 0) is 19.4 Å². The third-order valence-electron chi connectivity index (χ3n) is 3.59. The summed E-state index contributed by atoms with van der Waals surface area (Å²) in [6.45, 7) is 4.62. The van der Waals surface area contributed by atoms with Crippen molar-refractivity contribution < 1.29 is 14.7 Å². The molecule has 1 fully saturated rings. The number of rotatable bonds is 6. The normalized spacial score (nSPS) is 18.6. The van der Waals surface area contributed by atoms with Crippen molar-refractivity contribution in [1.82, 2.24) is 10.2 Å². The van der Waals surface area contributed by atoms with Crippen LogP contribution < -0.4 is 5.32 Å². The van der Waals surface area contributed by atoms with E-state index in [0.717, 1.165) is 19.4 Å². The van der Waals surface area contributed by atoms with Crippen LogP contribution in [0.3, 0.4) is 0 Å². The van der Waals surface area contributed by atoms with E-state index in [1.807, 2.05) is 6.92 Å². The lowest BCUT2D eigenvalue weighted by Gasteiger charge is -2.35. The standard InChI is InChI=1S/C13H24N2O3/c1-3-15(11-7-5-4-6-8-11)9-12(13(17)18)14-10(2)16/h11-12H,3-9H2,1-2H3,(H,14,16)(H,17,18). The Balaban J connectivity index is 2.57. The Hall–Kier alpha value is -1.10. The highest BCUT2D eigenvalue weighted by Gasteiger charge is 2.26. The minimum atomic E-state index is -0.959. The van der Waals surface area contributed by atoms with E-state index in [9.17, 15) is 9.59 Å². The maximum Gasteiger partial charge on any atom is 0.327 e. The van der Waals surface area contributed by atoms with Crippen molar-refractivity contribution in [2.24, 2.45) is 0 Å². The summed E-state index contributed by atoms with van der Waals surface area (Å²) in [6, 6.07) is -0.330. The molecule has 1 aliphatic carbocycles. The van der Waals surface area contributed by atoms with Gasteiger partial charge in [0.05, 0.1) is 0 Å². The lowest BCUT2D eigenvalue weighted by Crippen LogP contribution is -2.50. The molecule has 0 heterocycles. The largest absolute Gasteiger partial charge is 0.480 e. The highest BCUT2D eigenvalue weighted by molar-refractivity contribution is 5.82. The van der Waals surface area contributed by atoms with E-state index in [0.29, 0.717) is 12.6 Å². The summed E-state index contributed by atoms with van der Waals surface area (Å²) in [5.41, 5.74) is 0. The molecule has 2 N–H and O–H groups in total. The molecule has 0 aromatic carbocycles. The van der Waals surface area contributed by atoms with Gasteiger partial charge in [-0.25, -0.2) is 4.79 Å². The van der Waals surface area contributed by atoms with Gasteiger partial charge in [0.1, 0.15) is 6.04 Å². The molecular weight excluding hydrogens is 232 g/mol. The average Bonchev–Trinajstić information content (AvgIpc) is 2.34. The van der Waals surface area contributed by atoms with Crippen LogP contribution in [0.5, 0.6) is 0 Å². The number of likely N-dealkylation sites (N-methyl/N-ethyl adjacent to an activating group) is 1. The molecule has 1 rings (SSSR count). The Morgan fingerprint density at radius 3 is 2.39 bits per heavy atom. The lowest BCUT2D eigenvalue weighted by molar-refractivity contribution is -0.142. The zero-order valence-corrected chi connectivity index (χ0v) is 11.3. The van der Waals surface area contributed by atoms with Crippen molar-refractivity contribution >= 4 is 11.9 Å². The molecule has 0 saturated heterocycles. The van der Waals surface area contributed by atoms with E-state index in [4.69, 9.17) is 5.11 Å². The maximum absolute atomic E-state index is 11.1. The van der Waals surface area contributed by atoms with Crippen LogP contribution in [0.4, 0.5) is 0 Å². The number of carbonyl (C=O) groups is 2. The molecule has 0 radical (unpaired) electrons. The number of nitrogens with zero attached hydrogens (tertiary/aromatic N) is 1. The van der Waals surface area contributed by atoms with Gasteiger partial charge in [0.15, 0.2) is 0 Å². The van der Waals surface area contributed by atoms with Crippen LogP contribution >= 0.6 is 0 Å².